The first-order valence-corrected chi connectivity index (χ1v) is 9.60. The summed E-state index contributed by atoms with van der Waals surface area (Å²) < 4.78 is 1.78. The smallest absolute Gasteiger partial charge is 0.274 e. The number of rotatable bonds is 2. The quantitative estimate of drug-likeness (QED) is 0.745. The number of anilines is 1. The maximum atomic E-state index is 13.0. The summed E-state index contributed by atoms with van der Waals surface area (Å²) in [6, 6.07) is 3.96. The molecule has 1 atom stereocenters. The number of hydrogen-bond acceptors (Lipinski definition) is 5. The molecule has 140 valence electrons. The second kappa shape index (κ2) is 6.37. The van der Waals surface area contributed by atoms with Crippen LogP contribution in [0.5, 0.6) is 0 Å². The molecule has 8 heteroatoms. The van der Waals surface area contributed by atoms with E-state index in [-0.39, 0.29) is 5.91 Å². The third kappa shape index (κ3) is 2.85. The van der Waals surface area contributed by atoms with E-state index in [0.717, 1.165) is 55.1 Å². The Morgan fingerprint density at radius 3 is 2.93 bits per heavy atom. The van der Waals surface area contributed by atoms with Gasteiger partial charge < -0.3 is 9.80 Å². The Hall–Kier alpha value is -2.90. The number of aryl methyl sites for hydroxylation is 1. The lowest BCUT2D eigenvalue weighted by molar-refractivity contribution is 0.0739. The zero-order valence-electron chi connectivity index (χ0n) is 15.4. The van der Waals surface area contributed by atoms with E-state index in [4.69, 9.17) is 0 Å². The van der Waals surface area contributed by atoms with Gasteiger partial charge in [-0.1, -0.05) is 6.92 Å². The lowest BCUT2D eigenvalue weighted by Gasteiger charge is -2.35. The molecule has 0 spiro atoms. The van der Waals surface area contributed by atoms with Crippen LogP contribution in [-0.4, -0.2) is 61.8 Å². The van der Waals surface area contributed by atoms with Crippen molar-refractivity contribution < 1.29 is 4.79 Å². The van der Waals surface area contributed by atoms with E-state index in [1.54, 1.807) is 10.7 Å². The molecule has 0 unspecified atom stereocenters. The zero-order valence-corrected chi connectivity index (χ0v) is 15.4. The van der Waals surface area contributed by atoms with Gasteiger partial charge in [-0.15, -0.1) is 5.10 Å². The highest BCUT2D eigenvalue weighted by atomic mass is 16.2. The van der Waals surface area contributed by atoms with Crippen LogP contribution in [0.1, 0.15) is 35.1 Å². The van der Waals surface area contributed by atoms with Crippen LogP contribution >= 0.6 is 0 Å². The van der Waals surface area contributed by atoms with Crippen LogP contribution < -0.4 is 4.90 Å². The summed E-state index contributed by atoms with van der Waals surface area (Å²) >= 11 is 0. The van der Waals surface area contributed by atoms with Crippen molar-refractivity contribution >= 4 is 17.4 Å². The maximum absolute atomic E-state index is 13.0. The van der Waals surface area contributed by atoms with Crippen molar-refractivity contribution in [3.8, 4) is 0 Å². The minimum absolute atomic E-state index is 0.0549. The monoisotopic (exact) mass is 365 g/mol. The third-order valence-corrected chi connectivity index (χ3v) is 5.73. The SMILES string of the molecule is C[C@@H]1CCc2[nH]nc(C(=O)N3CCN(c4ccc5nccn5n4)CC3)c2C1. The first-order valence-electron chi connectivity index (χ1n) is 9.60. The number of nitrogens with zero attached hydrogens (tertiary/aromatic N) is 6. The molecule has 3 aromatic heterocycles. The van der Waals surface area contributed by atoms with Gasteiger partial charge in [0.25, 0.3) is 5.91 Å². The highest BCUT2D eigenvalue weighted by molar-refractivity contribution is 5.94. The summed E-state index contributed by atoms with van der Waals surface area (Å²) in [5.41, 5.74) is 3.74. The molecule has 1 amide bonds. The highest BCUT2D eigenvalue weighted by Gasteiger charge is 2.29. The number of aromatic nitrogens is 5. The molecule has 1 aliphatic heterocycles. The number of carbonyl (C=O) groups excluding carboxylic acids is 1. The minimum Gasteiger partial charge on any atom is -0.352 e. The Morgan fingerprint density at radius 2 is 2.07 bits per heavy atom. The molecular formula is C19H23N7O. The summed E-state index contributed by atoms with van der Waals surface area (Å²) in [6.07, 6.45) is 6.69. The number of fused-ring (bicyclic) bond motifs is 2. The normalized spacial score (nSPS) is 20.1. The number of carbonyl (C=O) groups is 1. The molecule has 0 radical (unpaired) electrons. The first kappa shape index (κ1) is 16.3. The molecule has 1 aliphatic carbocycles. The van der Waals surface area contributed by atoms with E-state index < -0.39 is 0 Å². The van der Waals surface area contributed by atoms with Gasteiger partial charge in [0, 0.05) is 49.8 Å². The molecule has 5 rings (SSSR count). The summed E-state index contributed by atoms with van der Waals surface area (Å²) in [4.78, 5) is 21.4. The molecule has 1 fully saturated rings. The van der Waals surface area contributed by atoms with Crippen LogP contribution in [-0.2, 0) is 12.8 Å². The number of H-pyrrole nitrogens is 1. The van der Waals surface area contributed by atoms with Gasteiger partial charge in [0.05, 0.1) is 0 Å². The number of aromatic amines is 1. The lowest BCUT2D eigenvalue weighted by Crippen LogP contribution is -2.49. The second-order valence-electron chi connectivity index (χ2n) is 7.58. The lowest BCUT2D eigenvalue weighted by atomic mass is 9.87. The Labute approximate surface area is 157 Å². The van der Waals surface area contributed by atoms with Gasteiger partial charge in [0.2, 0.25) is 0 Å². The van der Waals surface area contributed by atoms with Crippen LogP contribution in [0.15, 0.2) is 24.5 Å². The van der Waals surface area contributed by atoms with E-state index in [1.807, 2.05) is 23.2 Å². The van der Waals surface area contributed by atoms with Crippen molar-refractivity contribution in [1.82, 2.24) is 29.7 Å². The molecule has 27 heavy (non-hydrogen) atoms. The molecule has 0 bridgehead atoms. The van der Waals surface area contributed by atoms with Gasteiger partial charge in [-0.05, 0) is 37.3 Å². The average molecular weight is 365 g/mol. The van der Waals surface area contributed by atoms with Crippen molar-refractivity contribution in [1.29, 1.82) is 0 Å². The highest BCUT2D eigenvalue weighted by Crippen LogP contribution is 2.27. The zero-order chi connectivity index (χ0) is 18.4. The van der Waals surface area contributed by atoms with Gasteiger partial charge in [-0.25, -0.2) is 9.50 Å². The van der Waals surface area contributed by atoms with Gasteiger partial charge >= 0.3 is 0 Å². The summed E-state index contributed by atoms with van der Waals surface area (Å²) in [7, 11) is 0. The van der Waals surface area contributed by atoms with E-state index >= 15 is 0 Å². The topological polar surface area (TPSA) is 82.4 Å². The van der Waals surface area contributed by atoms with Crippen molar-refractivity contribution in [2.24, 2.45) is 5.92 Å². The van der Waals surface area contributed by atoms with E-state index in [1.165, 1.54) is 0 Å². The fraction of sp³-hybridized carbons (Fsp3) is 0.474. The number of nitrogens with one attached hydrogen (secondary N) is 1. The molecule has 1 N–H and O–H groups in total. The Kier molecular flexibility index (Phi) is 3.84. The molecule has 4 heterocycles. The van der Waals surface area contributed by atoms with Crippen LogP contribution in [0.4, 0.5) is 5.82 Å². The molecule has 8 nitrogen and oxygen atoms in total. The Morgan fingerprint density at radius 1 is 1.22 bits per heavy atom. The molecule has 3 aromatic rings. The van der Waals surface area contributed by atoms with Crippen LogP contribution in [0.2, 0.25) is 0 Å². The van der Waals surface area contributed by atoms with Crippen LogP contribution in [0.25, 0.3) is 5.65 Å². The standard InChI is InChI=1S/C19H23N7O/c1-13-2-3-15-14(12-13)18(22-21-15)19(27)25-10-8-24(9-11-25)17-5-4-16-20-6-7-26(16)23-17/h4-7,13H,2-3,8-12H2,1H3,(H,21,22)/t13-/m1/s1. The predicted molar refractivity (Wildman–Crippen MR) is 101 cm³/mol. The van der Waals surface area contributed by atoms with Gasteiger partial charge in [-0.2, -0.15) is 5.10 Å². The van der Waals surface area contributed by atoms with Crippen LogP contribution in [0.3, 0.4) is 0 Å². The second-order valence-corrected chi connectivity index (χ2v) is 7.58. The van der Waals surface area contributed by atoms with Crippen LogP contribution in [0, 0.1) is 5.92 Å². The van der Waals surface area contributed by atoms with Gasteiger partial charge in [0.15, 0.2) is 11.3 Å². The predicted octanol–water partition coefficient (Wildman–Crippen LogP) is 1.54. The molecule has 1 saturated heterocycles. The summed E-state index contributed by atoms with van der Waals surface area (Å²) in [5.74, 6) is 1.58. The van der Waals surface area contributed by atoms with Gasteiger partial charge in [0.1, 0.15) is 5.82 Å². The van der Waals surface area contributed by atoms with Gasteiger partial charge in [-0.3, -0.25) is 9.89 Å². The van der Waals surface area contributed by atoms with E-state index in [2.05, 4.69) is 32.1 Å². The fourth-order valence-electron chi connectivity index (χ4n) is 4.11. The Bertz CT molecular complexity index is 983. The molecular weight excluding hydrogens is 342 g/mol. The van der Waals surface area contributed by atoms with E-state index in [0.29, 0.717) is 24.7 Å². The largest absolute Gasteiger partial charge is 0.352 e. The first-order chi connectivity index (χ1) is 13.2. The maximum Gasteiger partial charge on any atom is 0.274 e. The number of hydrogen-bond donors (Lipinski definition) is 1. The summed E-state index contributed by atoms with van der Waals surface area (Å²) in [5, 5.41) is 12.1. The molecule has 0 aromatic carbocycles. The molecule has 2 aliphatic rings. The minimum atomic E-state index is 0.0549. The van der Waals surface area contributed by atoms with Crippen molar-refractivity contribution in [3.63, 3.8) is 0 Å². The average Bonchev–Trinajstić information content (AvgIpc) is 3.33. The number of piperazine rings is 1. The van der Waals surface area contributed by atoms with Crippen molar-refractivity contribution in [2.75, 3.05) is 31.1 Å². The number of amides is 1. The third-order valence-electron chi connectivity index (χ3n) is 5.73. The number of imidazole rings is 1. The van der Waals surface area contributed by atoms with Crippen molar-refractivity contribution in [3.05, 3.63) is 41.5 Å². The molecule has 0 saturated carbocycles. The van der Waals surface area contributed by atoms with E-state index in [9.17, 15) is 4.79 Å². The fourth-order valence-corrected chi connectivity index (χ4v) is 4.11. The summed E-state index contributed by atoms with van der Waals surface area (Å²) in [6.45, 7) is 5.14. The Balaban J connectivity index is 1.29. The van der Waals surface area contributed by atoms with Crippen molar-refractivity contribution in [2.45, 2.75) is 26.2 Å².